The highest BCUT2D eigenvalue weighted by Crippen LogP contribution is 2.26. The van der Waals surface area contributed by atoms with Crippen LogP contribution in [-0.4, -0.2) is 53.6 Å². The Hall–Kier alpha value is -3.22. The molecule has 0 atom stereocenters. The normalized spacial score (nSPS) is 13.6. The summed E-state index contributed by atoms with van der Waals surface area (Å²) in [4.78, 5) is 41.0. The molecule has 180 valence electrons. The number of carbonyl (C=O) groups excluding carboxylic acids is 3. The van der Waals surface area contributed by atoms with E-state index in [1.54, 1.807) is 4.90 Å². The monoisotopic (exact) mass is 512 g/mol. The van der Waals surface area contributed by atoms with Crippen molar-refractivity contribution in [2.45, 2.75) is 12.8 Å². The van der Waals surface area contributed by atoms with Crippen LogP contribution in [0.25, 0.3) is 11.1 Å². The standard InChI is InChI=1S/C27H23Cl2FN2O3/c28-23-17-24(29)25(30)16-22(23)27(35)32-12-10-31(11-13-32)26(34)15-21(33)14-18-6-8-20(9-7-18)19-4-2-1-3-5-19/h1-9,16-17H,10-15H2. The molecule has 0 unspecified atom stereocenters. The van der Waals surface area contributed by atoms with E-state index in [1.165, 1.54) is 11.0 Å². The molecule has 1 aliphatic heterocycles. The molecule has 0 saturated carbocycles. The second-order valence-electron chi connectivity index (χ2n) is 8.37. The number of amides is 2. The molecule has 0 aliphatic carbocycles. The lowest BCUT2D eigenvalue weighted by Gasteiger charge is -2.35. The quantitative estimate of drug-likeness (QED) is 0.333. The Kier molecular flexibility index (Phi) is 7.83. The fraction of sp³-hybridized carbons (Fsp3) is 0.222. The number of ketones is 1. The second-order valence-corrected chi connectivity index (χ2v) is 9.19. The van der Waals surface area contributed by atoms with Gasteiger partial charge in [0.1, 0.15) is 11.6 Å². The van der Waals surface area contributed by atoms with Crippen LogP contribution in [0.3, 0.4) is 0 Å². The van der Waals surface area contributed by atoms with Crippen LogP contribution in [0.4, 0.5) is 4.39 Å². The first-order chi connectivity index (χ1) is 16.8. The van der Waals surface area contributed by atoms with Gasteiger partial charge < -0.3 is 9.80 Å². The van der Waals surface area contributed by atoms with Gasteiger partial charge in [-0.05, 0) is 28.8 Å². The molecule has 1 saturated heterocycles. The molecule has 1 fully saturated rings. The molecule has 0 radical (unpaired) electrons. The Morgan fingerprint density at radius 1 is 0.771 bits per heavy atom. The summed E-state index contributed by atoms with van der Waals surface area (Å²) in [7, 11) is 0. The van der Waals surface area contributed by atoms with E-state index >= 15 is 0 Å². The number of carbonyl (C=O) groups is 3. The van der Waals surface area contributed by atoms with Crippen LogP contribution in [-0.2, 0) is 16.0 Å². The van der Waals surface area contributed by atoms with Crippen LogP contribution in [0.2, 0.25) is 10.0 Å². The van der Waals surface area contributed by atoms with Crippen LogP contribution >= 0.6 is 23.2 Å². The minimum atomic E-state index is -0.721. The van der Waals surface area contributed by atoms with E-state index in [2.05, 4.69) is 0 Å². The third kappa shape index (κ3) is 6.08. The van der Waals surface area contributed by atoms with Crippen LogP contribution < -0.4 is 0 Å². The summed E-state index contributed by atoms with van der Waals surface area (Å²) in [6.07, 6.45) is -0.0114. The summed E-state index contributed by atoms with van der Waals surface area (Å²) in [5.74, 6) is -1.57. The van der Waals surface area contributed by atoms with Gasteiger partial charge in [-0.2, -0.15) is 0 Å². The van der Waals surface area contributed by atoms with Gasteiger partial charge in [-0.15, -0.1) is 0 Å². The average Bonchev–Trinajstić information content (AvgIpc) is 2.87. The largest absolute Gasteiger partial charge is 0.339 e. The summed E-state index contributed by atoms with van der Waals surface area (Å²) in [5.41, 5.74) is 3.04. The highest BCUT2D eigenvalue weighted by Gasteiger charge is 2.27. The Labute approximate surface area is 213 Å². The molecule has 1 heterocycles. The lowest BCUT2D eigenvalue weighted by atomic mass is 10.0. The van der Waals surface area contributed by atoms with Crippen molar-refractivity contribution in [1.82, 2.24) is 9.80 Å². The number of piperazine rings is 1. The predicted octanol–water partition coefficient (Wildman–Crippen LogP) is 5.29. The average molecular weight is 513 g/mol. The smallest absolute Gasteiger partial charge is 0.255 e. The lowest BCUT2D eigenvalue weighted by molar-refractivity contribution is -0.136. The van der Waals surface area contributed by atoms with E-state index in [0.29, 0.717) is 0 Å². The van der Waals surface area contributed by atoms with E-state index in [0.717, 1.165) is 22.8 Å². The first-order valence-corrected chi connectivity index (χ1v) is 11.9. The first-order valence-electron chi connectivity index (χ1n) is 11.2. The van der Waals surface area contributed by atoms with E-state index < -0.39 is 11.7 Å². The maximum atomic E-state index is 13.8. The number of nitrogens with zero attached hydrogens (tertiary/aromatic N) is 2. The van der Waals surface area contributed by atoms with Gasteiger partial charge in [0.15, 0.2) is 0 Å². The molecular formula is C27H23Cl2FN2O3. The van der Waals surface area contributed by atoms with E-state index in [1.807, 2.05) is 54.6 Å². The van der Waals surface area contributed by atoms with Crippen LogP contribution in [0, 0.1) is 5.82 Å². The molecular weight excluding hydrogens is 490 g/mol. The van der Waals surface area contributed by atoms with Gasteiger partial charge in [0.2, 0.25) is 5.91 Å². The van der Waals surface area contributed by atoms with Gasteiger partial charge in [-0.1, -0.05) is 77.8 Å². The third-order valence-corrected chi connectivity index (χ3v) is 6.57. The second kappa shape index (κ2) is 11.0. The Bertz CT molecular complexity index is 1240. The van der Waals surface area contributed by atoms with Gasteiger partial charge in [-0.3, -0.25) is 14.4 Å². The van der Waals surface area contributed by atoms with Crippen LogP contribution in [0.1, 0.15) is 22.3 Å². The summed E-state index contributed by atoms with van der Waals surface area (Å²) in [6, 6.07) is 19.9. The van der Waals surface area contributed by atoms with E-state index in [-0.39, 0.29) is 66.3 Å². The summed E-state index contributed by atoms with van der Waals surface area (Å²) in [6.45, 7) is 1.11. The van der Waals surface area contributed by atoms with Gasteiger partial charge in [0.25, 0.3) is 5.91 Å². The van der Waals surface area contributed by atoms with Crippen molar-refractivity contribution < 1.29 is 18.8 Å². The lowest BCUT2D eigenvalue weighted by Crippen LogP contribution is -2.51. The zero-order valence-electron chi connectivity index (χ0n) is 18.8. The molecule has 5 nitrogen and oxygen atoms in total. The van der Waals surface area contributed by atoms with Crippen molar-refractivity contribution in [3.63, 3.8) is 0 Å². The molecule has 0 aromatic heterocycles. The summed E-state index contributed by atoms with van der Waals surface area (Å²) in [5, 5.41) is -0.0823. The van der Waals surface area contributed by atoms with Crippen LogP contribution in [0.5, 0.6) is 0 Å². The van der Waals surface area contributed by atoms with Gasteiger partial charge in [0.05, 0.1) is 22.0 Å². The van der Waals surface area contributed by atoms with Crippen molar-refractivity contribution >= 4 is 40.8 Å². The maximum absolute atomic E-state index is 13.8. The SMILES string of the molecule is O=C(CC(=O)N1CCN(C(=O)c2cc(F)c(Cl)cc2Cl)CC1)Cc1ccc(-c2ccccc2)cc1. The molecule has 8 heteroatoms. The number of benzene rings is 3. The van der Waals surface area contributed by atoms with E-state index in [4.69, 9.17) is 23.2 Å². The Morgan fingerprint density at radius 2 is 1.37 bits per heavy atom. The molecule has 1 aliphatic rings. The molecule has 3 aromatic carbocycles. The summed E-state index contributed by atoms with van der Waals surface area (Å²) >= 11 is 11.8. The van der Waals surface area contributed by atoms with E-state index in [9.17, 15) is 18.8 Å². The minimum absolute atomic E-state index is 0.0294. The zero-order valence-corrected chi connectivity index (χ0v) is 20.4. The summed E-state index contributed by atoms with van der Waals surface area (Å²) < 4.78 is 13.8. The van der Waals surface area contributed by atoms with Crippen molar-refractivity contribution in [3.05, 3.63) is 93.7 Å². The molecule has 0 spiro atoms. The van der Waals surface area contributed by atoms with Crippen molar-refractivity contribution in [2.75, 3.05) is 26.2 Å². The molecule has 35 heavy (non-hydrogen) atoms. The molecule has 4 rings (SSSR count). The van der Waals surface area contributed by atoms with Crippen molar-refractivity contribution in [2.24, 2.45) is 0 Å². The van der Waals surface area contributed by atoms with Crippen LogP contribution in [0.15, 0.2) is 66.7 Å². The first kappa shape index (κ1) is 24.9. The third-order valence-electron chi connectivity index (χ3n) is 5.97. The highest BCUT2D eigenvalue weighted by molar-refractivity contribution is 6.36. The number of rotatable bonds is 6. The van der Waals surface area contributed by atoms with Gasteiger partial charge in [-0.25, -0.2) is 4.39 Å². The van der Waals surface area contributed by atoms with Crippen molar-refractivity contribution in [1.29, 1.82) is 0 Å². The fourth-order valence-corrected chi connectivity index (χ4v) is 4.50. The Morgan fingerprint density at radius 3 is 2.03 bits per heavy atom. The molecule has 0 bridgehead atoms. The topological polar surface area (TPSA) is 57.7 Å². The number of Topliss-reactive ketones (excluding diaryl/α,β-unsaturated/α-hetero) is 1. The van der Waals surface area contributed by atoms with Crippen molar-refractivity contribution in [3.8, 4) is 11.1 Å². The highest BCUT2D eigenvalue weighted by atomic mass is 35.5. The fourth-order valence-electron chi connectivity index (χ4n) is 4.03. The minimum Gasteiger partial charge on any atom is -0.339 e. The number of halogens is 3. The predicted molar refractivity (Wildman–Crippen MR) is 134 cm³/mol. The Balaban J connectivity index is 1.27. The van der Waals surface area contributed by atoms with Gasteiger partial charge >= 0.3 is 0 Å². The van der Waals surface area contributed by atoms with Gasteiger partial charge in [0, 0.05) is 32.6 Å². The molecule has 0 N–H and O–H groups in total. The number of hydrogen-bond acceptors (Lipinski definition) is 3. The number of hydrogen-bond donors (Lipinski definition) is 0. The maximum Gasteiger partial charge on any atom is 0.255 e. The molecule has 2 amide bonds. The zero-order chi connectivity index (χ0) is 24.9. The molecule has 3 aromatic rings.